The van der Waals surface area contributed by atoms with Crippen LogP contribution in [0, 0.1) is 0 Å². The number of carbonyl (C=O) groups is 4. The van der Waals surface area contributed by atoms with Crippen LogP contribution in [0.1, 0.15) is 0 Å². The van der Waals surface area contributed by atoms with Gasteiger partial charge in [0.2, 0.25) is 11.8 Å². The third-order valence-electron chi connectivity index (χ3n) is 2.17. The van der Waals surface area contributed by atoms with Gasteiger partial charge in [0.25, 0.3) is 0 Å². The minimum absolute atomic E-state index is 0.00608. The van der Waals surface area contributed by atoms with E-state index in [2.05, 4.69) is 23.8 Å². The molecule has 0 saturated carbocycles. The van der Waals surface area contributed by atoms with Gasteiger partial charge in [-0.1, -0.05) is 13.2 Å². The summed E-state index contributed by atoms with van der Waals surface area (Å²) in [5.41, 5.74) is 0. The van der Waals surface area contributed by atoms with Crippen LogP contribution in [0.3, 0.4) is 0 Å². The Balaban J connectivity index is 3.45. The molecule has 0 aliphatic rings. The predicted molar refractivity (Wildman–Crippen MR) is 79.2 cm³/mol. The molecule has 0 unspecified atom stereocenters. The Labute approximate surface area is 133 Å². The van der Waals surface area contributed by atoms with Gasteiger partial charge in [0.1, 0.15) is 26.3 Å². The molecule has 2 amide bonds. The van der Waals surface area contributed by atoms with E-state index in [0.717, 1.165) is 12.2 Å². The molecular formula is C14H20N2O7. The van der Waals surface area contributed by atoms with Gasteiger partial charge in [0.15, 0.2) is 0 Å². The summed E-state index contributed by atoms with van der Waals surface area (Å²) >= 11 is 0. The number of ether oxygens (including phenoxy) is 3. The molecule has 0 spiro atoms. The Morgan fingerprint density at radius 1 is 0.739 bits per heavy atom. The van der Waals surface area contributed by atoms with E-state index in [9.17, 15) is 19.2 Å². The predicted octanol–water partition coefficient (Wildman–Crippen LogP) is -1.31. The SMILES string of the molecule is C=CC(=O)NCC(=O)OCCOCCOC(=O)CNC(=O)C=C. The van der Waals surface area contributed by atoms with Crippen LogP contribution in [0.15, 0.2) is 25.3 Å². The fourth-order valence-electron chi connectivity index (χ4n) is 1.10. The number of hydrogen-bond donors (Lipinski definition) is 2. The van der Waals surface area contributed by atoms with Gasteiger partial charge in [0.05, 0.1) is 13.2 Å². The van der Waals surface area contributed by atoms with Gasteiger partial charge in [-0.25, -0.2) is 0 Å². The second-order valence-electron chi connectivity index (χ2n) is 3.90. The van der Waals surface area contributed by atoms with Crippen molar-refractivity contribution in [2.24, 2.45) is 0 Å². The molecule has 0 aromatic carbocycles. The van der Waals surface area contributed by atoms with E-state index in [1.165, 1.54) is 0 Å². The molecule has 2 N–H and O–H groups in total. The van der Waals surface area contributed by atoms with Gasteiger partial charge in [0, 0.05) is 0 Å². The lowest BCUT2D eigenvalue weighted by atomic mass is 10.5. The van der Waals surface area contributed by atoms with Gasteiger partial charge in [-0.15, -0.1) is 0 Å². The van der Waals surface area contributed by atoms with Crippen molar-refractivity contribution >= 4 is 23.8 Å². The summed E-state index contributed by atoms with van der Waals surface area (Å²) in [5, 5.41) is 4.53. The normalized spacial score (nSPS) is 9.39. The lowest BCUT2D eigenvalue weighted by Gasteiger charge is -2.07. The molecule has 0 aromatic heterocycles. The van der Waals surface area contributed by atoms with Crippen LogP contribution in [-0.2, 0) is 33.4 Å². The highest BCUT2D eigenvalue weighted by Gasteiger charge is 2.05. The molecule has 0 radical (unpaired) electrons. The summed E-state index contributed by atoms with van der Waals surface area (Å²) in [6.07, 6.45) is 2.08. The minimum Gasteiger partial charge on any atom is -0.462 e. The number of rotatable bonds is 12. The zero-order chi connectivity index (χ0) is 17.5. The van der Waals surface area contributed by atoms with Crippen molar-refractivity contribution in [3.63, 3.8) is 0 Å². The summed E-state index contributed by atoms with van der Waals surface area (Å²) in [6.45, 7) is 6.21. The van der Waals surface area contributed by atoms with Crippen LogP contribution in [0.5, 0.6) is 0 Å². The zero-order valence-electron chi connectivity index (χ0n) is 12.7. The maximum atomic E-state index is 11.2. The minimum atomic E-state index is -0.604. The van der Waals surface area contributed by atoms with Crippen LogP contribution in [0.25, 0.3) is 0 Å². The first-order valence-corrected chi connectivity index (χ1v) is 6.69. The summed E-state index contributed by atoms with van der Waals surface area (Å²) < 4.78 is 14.6. The van der Waals surface area contributed by atoms with Gasteiger partial charge >= 0.3 is 11.9 Å². The summed E-state index contributed by atoms with van der Waals surface area (Å²) in [4.78, 5) is 43.9. The smallest absolute Gasteiger partial charge is 0.325 e. The van der Waals surface area contributed by atoms with Crippen LogP contribution in [0.4, 0.5) is 0 Å². The topological polar surface area (TPSA) is 120 Å². The van der Waals surface area contributed by atoms with Crippen LogP contribution in [0.2, 0.25) is 0 Å². The lowest BCUT2D eigenvalue weighted by molar-refractivity contribution is -0.146. The van der Waals surface area contributed by atoms with E-state index < -0.39 is 23.8 Å². The molecule has 128 valence electrons. The van der Waals surface area contributed by atoms with E-state index in [1.54, 1.807) is 0 Å². The molecule has 0 aromatic rings. The van der Waals surface area contributed by atoms with Crippen LogP contribution < -0.4 is 10.6 Å². The van der Waals surface area contributed by atoms with Crippen molar-refractivity contribution in [1.82, 2.24) is 10.6 Å². The summed E-state index contributed by atoms with van der Waals surface area (Å²) in [7, 11) is 0. The fourth-order valence-corrected chi connectivity index (χ4v) is 1.10. The second kappa shape index (κ2) is 13.0. The Kier molecular flexibility index (Phi) is 11.5. The molecule has 9 nitrogen and oxygen atoms in total. The molecule has 9 heteroatoms. The number of carbonyl (C=O) groups excluding carboxylic acids is 4. The third kappa shape index (κ3) is 12.8. The second-order valence-corrected chi connectivity index (χ2v) is 3.90. The van der Waals surface area contributed by atoms with Gasteiger partial charge in [-0.2, -0.15) is 0 Å². The molecule has 0 aliphatic carbocycles. The van der Waals surface area contributed by atoms with Gasteiger partial charge in [-0.05, 0) is 12.2 Å². The first kappa shape index (κ1) is 20.3. The standard InChI is InChI=1S/C14H20N2O7/c1-3-11(17)15-9-13(19)22-7-5-21-6-8-23-14(20)10-16-12(18)4-2/h3-4H,1-2,5-10H2,(H,15,17)(H,16,18). The number of amides is 2. The fraction of sp³-hybridized carbons (Fsp3) is 0.429. The molecular weight excluding hydrogens is 308 g/mol. The number of hydrogen-bond acceptors (Lipinski definition) is 7. The van der Waals surface area contributed by atoms with E-state index >= 15 is 0 Å². The van der Waals surface area contributed by atoms with E-state index in [-0.39, 0.29) is 39.5 Å². The lowest BCUT2D eigenvalue weighted by Crippen LogP contribution is -2.30. The molecule has 0 heterocycles. The molecule has 0 aliphatic heterocycles. The maximum absolute atomic E-state index is 11.2. The van der Waals surface area contributed by atoms with Crippen LogP contribution >= 0.6 is 0 Å². The average Bonchev–Trinajstić information content (AvgIpc) is 2.56. The Bertz CT molecular complexity index is 408. The van der Waals surface area contributed by atoms with Gasteiger partial charge in [-0.3, -0.25) is 19.2 Å². The Morgan fingerprint density at radius 3 is 1.48 bits per heavy atom. The number of esters is 2. The maximum Gasteiger partial charge on any atom is 0.325 e. The average molecular weight is 328 g/mol. The highest BCUT2D eigenvalue weighted by Crippen LogP contribution is 1.83. The van der Waals surface area contributed by atoms with Crippen LogP contribution in [-0.4, -0.2) is 63.3 Å². The first-order valence-electron chi connectivity index (χ1n) is 6.69. The molecule has 23 heavy (non-hydrogen) atoms. The molecule has 0 fully saturated rings. The van der Waals surface area contributed by atoms with E-state index in [4.69, 9.17) is 14.2 Å². The van der Waals surface area contributed by atoms with Gasteiger partial charge < -0.3 is 24.8 Å². The van der Waals surface area contributed by atoms with Crippen molar-refractivity contribution in [2.45, 2.75) is 0 Å². The largest absolute Gasteiger partial charge is 0.462 e. The highest BCUT2D eigenvalue weighted by atomic mass is 16.6. The van der Waals surface area contributed by atoms with E-state index in [1.807, 2.05) is 0 Å². The Hall–Kier alpha value is -2.68. The van der Waals surface area contributed by atoms with E-state index in [0.29, 0.717) is 0 Å². The van der Waals surface area contributed by atoms with Crippen molar-refractivity contribution < 1.29 is 33.4 Å². The summed E-state index contributed by atoms with van der Waals surface area (Å²) in [6, 6.07) is 0. The highest BCUT2D eigenvalue weighted by molar-refractivity contribution is 5.90. The first-order chi connectivity index (χ1) is 11.0. The molecule has 0 atom stereocenters. The van der Waals surface area contributed by atoms with Crippen molar-refractivity contribution in [1.29, 1.82) is 0 Å². The summed E-state index contributed by atoms with van der Waals surface area (Å²) in [5.74, 6) is -2.14. The molecule has 0 bridgehead atoms. The zero-order valence-corrected chi connectivity index (χ0v) is 12.7. The Morgan fingerprint density at radius 2 is 1.13 bits per heavy atom. The van der Waals surface area contributed by atoms with Crippen molar-refractivity contribution in [3.05, 3.63) is 25.3 Å². The molecule has 0 rings (SSSR count). The van der Waals surface area contributed by atoms with Crippen molar-refractivity contribution in [2.75, 3.05) is 39.5 Å². The quantitative estimate of drug-likeness (QED) is 0.259. The van der Waals surface area contributed by atoms with Crippen molar-refractivity contribution in [3.8, 4) is 0 Å². The molecule has 0 saturated heterocycles. The monoisotopic (exact) mass is 328 g/mol. The number of nitrogens with one attached hydrogen (secondary N) is 2. The third-order valence-corrected chi connectivity index (χ3v) is 2.17.